The van der Waals surface area contributed by atoms with Crippen LogP contribution in [0.25, 0.3) is 0 Å². The molecule has 1 aliphatic carbocycles. The number of piperazine rings is 1. The van der Waals surface area contributed by atoms with Gasteiger partial charge < -0.3 is 9.80 Å². The zero-order valence-corrected chi connectivity index (χ0v) is 16.4. The maximum atomic E-state index is 3.89. The van der Waals surface area contributed by atoms with Crippen LogP contribution in [0.4, 0.5) is 0 Å². The van der Waals surface area contributed by atoms with E-state index in [1.54, 1.807) is 0 Å². The third-order valence-electron chi connectivity index (χ3n) is 6.10. The van der Waals surface area contributed by atoms with E-state index >= 15 is 0 Å². The maximum absolute atomic E-state index is 3.89. The number of nitrogens with zero attached hydrogens (tertiary/aromatic N) is 3. The molecule has 3 nitrogen and oxygen atoms in total. The number of allylic oxidation sites excluding steroid dienone is 3. The van der Waals surface area contributed by atoms with Crippen LogP contribution in [0, 0.1) is 5.92 Å². The average molecular weight is 344 g/mol. The van der Waals surface area contributed by atoms with Crippen LogP contribution in [0.3, 0.4) is 0 Å². The Morgan fingerprint density at radius 3 is 2.84 bits per heavy atom. The number of rotatable bonds is 8. The van der Waals surface area contributed by atoms with Gasteiger partial charge in [0.2, 0.25) is 0 Å². The highest BCUT2D eigenvalue weighted by Gasteiger charge is 2.33. The van der Waals surface area contributed by atoms with Gasteiger partial charge in [-0.25, -0.2) is 0 Å². The van der Waals surface area contributed by atoms with Crippen molar-refractivity contribution in [3.63, 3.8) is 0 Å². The zero-order valence-electron chi connectivity index (χ0n) is 16.4. The van der Waals surface area contributed by atoms with E-state index in [9.17, 15) is 0 Å². The van der Waals surface area contributed by atoms with Crippen LogP contribution in [-0.4, -0.2) is 66.6 Å². The first-order valence-electron chi connectivity index (χ1n) is 10.4. The summed E-state index contributed by atoms with van der Waals surface area (Å²) in [6.07, 6.45) is 13.2. The van der Waals surface area contributed by atoms with E-state index < -0.39 is 0 Å². The predicted octanol–water partition coefficient (Wildman–Crippen LogP) is 3.90. The molecule has 2 atom stereocenters. The van der Waals surface area contributed by atoms with Gasteiger partial charge in [0.1, 0.15) is 0 Å². The highest BCUT2D eigenvalue weighted by molar-refractivity contribution is 5.31. The Morgan fingerprint density at radius 1 is 1.24 bits per heavy atom. The molecule has 0 N–H and O–H groups in total. The van der Waals surface area contributed by atoms with E-state index in [2.05, 4.69) is 53.4 Å². The van der Waals surface area contributed by atoms with E-state index in [4.69, 9.17) is 0 Å². The standard InChI is InChI=1S/C22H37N3/c1-4-6-12-23(11-5-2)16-20-8-10-22-18-25(14-13-24(22)17-20)21-9-7-19(3)15-21/h4,9,15,20,22H,1,5-8,10-14,16-18H2,2-3H3. The third kappa shape index (κ3) is 4.98. The van der Waals surface area contributed by atoms with Gasteiger partial charge >= 0.3 is 0 Å². The van der Waals surface area contributed by atoms with Crippen molar-refractivity contribution in [2.75, 3.05) is 45.8 Å². The summed E-state index contributed by atoms with van der Waals surface area (Å²) in [5.74, 6) is 0.854. The highest BCUT2D eigenvalue weighted by Crippen LogP contribution is 2.29. The minimum Gasteiger partial charge on any atom is -0.369 e. The van der Waals surface area contributed by atoms with Crippen LogP contribution in [-0.2, 0) is 0 Å². The van der Waals surface area contributed by atoms with Gasteiger partial charge in [0.15, 0.2) is 0 Å². The van der Waals surface area contributed by atoms with Crippen LogP contribution in [0.5, 0.6) is 0 Å². The molecule has 0 aromatic carbocycles. The Kier molecular flexibility index (Phi) is 6.77. The number of piperidine rings is 1. The minimum atomic E-state index is 0.771. The number of hydrogen-bond donors (Lipinski definition) is 0. The fourth-order valence-corrected chi connectivity index (χ4v) is 4.75. The van der Waals surface area contributed by atoms with Crippen LogP contribution in [0.2, 0.25) is 0 Å². The summed E-state index contributed by atoms with van der Waals surface area (Å²) < 4.78 is 0. The molecule has 140 valence electrons. The number of hydrogen-bond acceptors (Lipinski definition) is 3. The van der Waals surface area contributed by atoms with Crippen molar-refractivity contribution < 1.29 is 0 Å². The van der Waals surface area contributed by atoms with Crippen molar-refractivity contribution in [1.82, 2.24) is 14.7 Å². The Morgan fingerprint density at radius 2 is 2.12 bits per heavy atom. The van der Waals surface area contributed by atoms with Crippen LogP contribution in [0.1, 0.15) is 46.0 Å². The Hall–Kier alpha value is -1.06. The topological polar surface area (TPSA) is 9.72 Å². The SMILES string of the molecule is C=CCCN(CCC)CC1CCC2CN(C3=CCC(C)=C3)CCN2C1. The normalized spacial score (nSPS) is 27.2. The van der Waals surface area contributed by atoms with Crippen LogP contribution < -0.4 is 0 Å². The molecule has 0 amide bonds. The molecule has 2 aliphatic heterocycles. The smallest absolute Gasteiger partial charge is 0.0334 e. The molecule has 3 rings (SSSR count). The fourth-order valence-electron chi connectivity index (χ4n) is 4.75. The average Bonchev–Trinajstić information content (AvgIpc) is 3.06. The Labute approximate surface area is 155 Å². The monoisotopic (exact) mass is 343 g/mol. The van der Waals surface area contributed by atoms with Gasteiger partial charge in [0.05, 0.1) is 0 Å². The second-order valence-electron chi connectivity index (χ2n) is 8.24. The first-order valence-corrected chi connectivity index (χ1v) is 10.4. The molecule has 0 saturated carbocycles. The van der Waals surface area contributed by atoms with Gasteiger partial charge in [-0.3, -0.25) is 4.90 Å². The lowest BCUT2D eigenvalue weighted by molar-refractivity contribution is 0.0327. The second kappa shape index (κ2) is 9.05. The fraction of sp³-hybridized carbons (Fsp3) is 0.727. The summed E-state index contributed by atoms with van der Waals surface area (Å²) in [7, 11) is 0. The summed E-state index contributed by atoms with van der Waals surface area (Å²) in [5, 5.41) is 0. The molecular weight excluding hydrogens is 306 g/mol. The van der Waals surface area contributed by atoms with E-state index in [0.717, 1.165) is 24.8 Å². The summed E-state index contributed by atoms with van der Waals surface area (Å²) in [4.78, 5) is 8.08. The summed E-state index contributed by atoms with van der Waals surface area (Å²) in [6.45, 7) is 17.1. The molecule has 3 aliphatic rings. The van der Waals surface area contributed by atoms with Crippen molar-refractivity contribution in [3.8, 4) is 0 Å². The third-order valence-corrected chi connectivity index (χ3v) is 6.10. The molecule has 0 bridgehead atoms. The molecule has 2 fully saturated rings. The second-order valence-corrected chi connectivity index (χ2v) is 8.24. The lowest BCUT2D eigenvalue weighted by atomic mass is 9.90. The van der Waals surface area contributed by atoms with Crippen molar-refractivity contribution in [2.45, 2.75) is 52.0 Å². The molecule has 25 heavy (non-hydrogen) atoms. The largest absolute Gasteiger partial charge is 0.369 e. The molecule has 2 heterocycles. The molecule has 0 aromatic rings. The predicted molar refractivity (Wildman–Crippen MR) is 108 cm³/mol. The lowest BCUT2D eigenvalue weighted by Gasteiger charge is -2.47. The van der Waals surface area contributed by atoms with Gasteiger partial charge in [0, 0.05) is 51.0 Å². The van der Waals surface area contributed by atoms with E-state index in [1.165, 1.54) is 76.3 Å². The molecular formula is C22H37N3. The summed E-state index contributed by atoms with van der Waals surface area (Å²) >= 11 is 0. The number of fused-ring (bicyclic) bond motifs is 1. The van der Waals surface area contributed by atoms with Gasteiger partial charge in [-0.05, 0) is 57.6 Å². The van der Waals surface area contributed by atoms with Gasteiger partial charge in [-0.15, -0.1) is 6.58 Å². The molecule has 2 unspecified atom stereocenters. The summed E-state index contributed by atoms with van der Waals surface area (Å²) in [5.41, 5.74) is 2.99. The molecule has 0 aromatic heterocycles. The minimum absolute atomic E-state index is 0.771. The van der Waals surface area contributed by atoms with Crippen molar-refractivity contribution >= 4 is 0 Å². The molecule has 3 heteroatoms. The molecule has 2 saturated heterocycles. The Bertz CT molecular complexity index is 507. The van der Waals surface area contributed by atoms with Crippen molar-refractivity contribution in [1.29, 1.82) is 0 Å². The molecule has 0 radical (unpaired) electrons. The quantitative estimate of drug-likeness (QED) is 0.619. The van der Waals surface area contributed by atoms with Gasteiger partial charge in [-0.1, -0.05) is 24.6 Å². The lowest BCUT2D eigenvalue weighted by Crippen LogP contribution is -2.56. The van der Waals surface area contributed by atoms with Crippen molar-refractivity contribution in [3.05, 3.63) is 36.1 Å². The van der Waals surface area contributed by atoms with E-state index in [1.807, 2.05) is 0 Å². The van der Waals surface area contributed by atoms with Crippen LogP contribution in [0.15, 0.2) is 36.1 Å². The highest BCUT2D eigenvalue weighted by atomic mass is 15.3. The first-order chi connectivity index (χ1) is 12.2. The van der Waals surface area contributed by atoms with E-state index in [0.29, 0.717) is 0 Å². The van der Waals surface area contributed by atoms with Gasteiger partial charge in [-0.2, -0.15) is 0 Å². The molecule has 0 spiro atoms. The van der Waals surface area contributed by atoms with Crippen LogP contribution >= 0.6 is 0 Å². The summed E-state index contributed by atoms with van der Waals surface area (Å²) in [6, 6.07) is 0.771. The van der Waals surface area contributed by atoms with Gasteiger partial charge in [0.25, 0.3) is 0 Å². The van der Waals surface area contributed by atoms with Crippen molar-refractivity contribution in [2.24, 2.45) is 5.92 Å². The van der Waals surface area contributed by atoms with E-state index in [-0.39, 0.29) is 0 Å². The zero-order chi connectivity index (χ0) is 17.6. The Balaban J connectivity index is 1.49. The maximum Gasteiger partial charge on any atom is 0.0334 e. The first kappa shape index (κ1) is 18.7.